The van der Waals surface area contributed by atoms with Gasteiger partial charge in [0, 0.05) is 49.6 Å². The summed E-state index contributed by atoms with van der Waals surface area (Å²) < 4.78 is 28.5. The molecule has 9 heteroatoms. The number of aromatic amines is 1. The Bertz CT molecular complexity index is 1100. The number of hydrogen-bond donors (Lipinski definition) is 1. The van der Waals surface area contributed by atoms with Crippen molar-refractivity contribution in [1.82, 2.24) is 19.3 Å². The number of aryl methyl sites for hydroxylation is 2. The minimum atomic E-state index is -3.53. The molecule has 4 heterocycles. The number of likely N-dealkylation sites (N-methyl/N-ethyl adjacent to an activating group) is 1. The van der Waals surface area contributed by atoms with Gasteiger partial charge in [0.15, 0.2) is 4.21 Å². The molecule has 1 unspecified atom stereocenters. The Morgan fingerprint density at radius 2 is 2.11 bits per heavy atom. The lowest BCUT2D eigenvalue weighted by Gasteiger charge is -2.42. The highest BCUT2D eigenvalue weighted by molar-refractivity contribution is 7.91. The van der Waals surface area contributed by atoms with Gasteiger partial charge in [0.1, 0.15) is 5.65 Å². The van der Waals surface area contributed by atoms with Crippen LogP contribution in [0, 0.1) is 19.8 Å². The Morgan fingerprint density at radius 1 is 1.32 bits per heavy atom. The van der Waals surface area contributed by atoms with Crippen molar-refractivity contribution < 1.29 is 8.42 Å². The summed E-state index contributed by atoms with van der Waals surface area (Å²) in [6, 6.07) is 4.09. The van der Waals surface area contributed by atoms with Crippen LogP contribution in [0.1, 0.15) is 24.0 Å². The third-order valence-electron chi connectivity index (χ3n) is 5.63. The summed E-state index contributed by atoms with van der Waals surface area (Å²) in [6.07, 6.45) is 4.49. The molecule has 0 aromatic carbocycles. The fourth-order valence-corrected chi connectivity index (χ4v) is 7.14. The highest BCUT2D eigenvalue weighted by atomic mass is 32.2. The van der Waals surface area contributed by atoms with Crippen LogP contribution in [0.5, 0.6) is 0 Å². The predicted octanol–water partition coefficient (Wildman–Crippen LogP) is 3.17. The highest BCUT2D eigenvalue weighted by Gasteiger charge is 2.37. The lowest BCUT2D eigenvalue weighted by molar-refractivity contribution is 0.248. The number of pyridine rings is 1. The van der Waals surface area contributed by atoms with Gasteiger partial charge in [-0.15, -0.1) is 11.3 Å². The van der Waals surface area contributed by atoms with Crippen LogP contribution in [0.15, 0.2) is 28.7 Å². The summed E-state index contributed by atoms with van der Waals surface area (Å²) in [7, 11) is -1.49. The second-order valence-electron chi connectivity index (χ2n) is 7.48. The van der Waals surface area contributed by atoms with Crippen LogP contribution in [0.2, 0.25) is 0 Å². The van der Waals surface area contributed by atoms with Gasteiger partial charge in [-0.1, -0.05) is 6.92 Å². The molecule has 1 N–H and O–H groups in total. The average Bonchev–Trinajstić information content (AvgIpc) is 3.27. The molecule has 1 saturated heterocycles. The molecule has 0 saturated carbocycles. The number of rotatable bonds is 4. The quantitative estimate of drug-likeness (QED) is 0.702. The number of anilines is 1. The molecular weight excluding hydrogens is 394 g/mol. The molecule has 4 rings (SSSR count). The van der Waals surface area contributed by atoms with E-state index in [4.69, 9.17) is 0 Å². The third-order valence-corrected chi connectivity index (χ3v) is 9.16. The number of sulfonamides is 1. The maximum absolute atomic E-state index is 13.3. The predicted molar refractivity (Wildman–Crippen MR) is 112 cm³/mol. The maximum Gasteiger partial charge on any atom is 0.254 e. The van der Waals surface area contributed by atoms with Crippen molar-refractivity contribution in [2.75, 3.05) is 25.0 Å². The molecule has 3 aromatic rings. The van der Waals surface area contributed by atoms with Crippen LogP contribution < -0.4 is 4.90 Å². The van der Waals surface area contributed by atoms with E-state index in [2.05, 4.69) is 26.8 Å². The van der Waals surface area contributed by atoms with Gasteiger partial charge in [-0.2, -0.15) is 4.31 Å². The topological polar surface area (TPSA) is 82.2 Å². The van der Waals surface area contributed by atoms with E-state index in [0.717, 1.165) is 28.1 Å². The number of thiazole rings is 1. The first kappa shape index (κ1) is 19.4. The fraction of sp³-hybridized carbons (Fsp3) is 0.474. The Hall–Kier alpha value is -1.97. The summed E-state index contributed by atoms with van der Waals surface area (Å²) in [4.78, 5) is 14.0. The molecule has 0 aliphatic carbocycles. The van der Waals surface area contributed by atoms with Gasteiger partial charge in [-0.05, 0) is 38.3 Å². The third kappa shape index (κ3) is 3.21. The zero-order valence-corrected chi connectivity index (χ0v) is 18.1. The van der Waals surface area contributed by atoms with Crippen molar-refractivity contribution >= 4 is 38.1 Å². The van der Waals surface area contributed by atoms with Crippen molar-refractivity contribution in [3.63, 3.8) is 0 Å². The van der Waals surface area contributed by atoms with Crippen LogP contribution in [-0.4, -0.2) is 53.9 Å². The van der Waals surface area contributed by atoms with E-state index in [-0.39, 0.29) is 6.04 Å². The summed E-state index contributed by atoms with van der Waals surface area (Å²) in [5, 5.41) is 1.83. The molecule has 7 nitrogen and oxygen atoms in total. The van der Waals surface area contributed by atoms with Crippen molar-refractivity contribution in [2.45, 2.75) is 37.4 Å². The van der Waals surface area contributed by atoms with Crippen LogP contribution in [0.3, 0.4) is 0 Å². The molecule has 1 fully saturated rings. The molecule has 0 amide bonds. The number of hydrogen-bond acceptors (Lipinski definition) is 6. The molecule has 3 aromatic heterocycles. The molecule has 1 aliphatic heterocycles. The minimum Gasteiger partial charge on any atom is -0.369 e. The molecule has 0 bridgehead atoms. The SMILES string of the molecule is Cc1nc(C)c(S(=O)(=O)N2CC[C@@H](C)C(N(C)c3ccnc4[nH]ccc34)C2)s1. The molecule has 0 radical (unpaired) electrons. The monoisotopic (exact) mass is 419 g/mol. The molecule has 2 atom stereocenters. The largest absolute Gasteiger partial charge is 0.369 e. The first-order valence-corrected chi connectivity index (χ1v) is 11.6. The van der Waals surface area contributed by atoms with Crippen molar-refractivity contribution in [3.8, 4) is 0 Å². The van der Waals surface area contributed by atoms with E-state index >= 15 is 0 Å². The van der Waals surface area contributed by atoms with Crippen LogP contribution >= 0.6 is 11.3 Å². The van der Waals surface area contributed by atoms with E-state index < -0.39 is 10.0 Å². The number of H-pyrrole nitrogens is 1. The summed E-state index contributed by atoms with van der Waals surface area (Å²) in [5.41, 5.74) is 2.49. The highest BCUT2D eigenvalue weighted by Crippen LogP contribution is 2.33. The Labute approximate surface area is 169 Å². The van der Waals surface area contributed by atoms with Crippen LogP contribution in [0.4, 0.5) is 5.69 Å². The van der Waals surface area contributed by atoms with Crippen LogP contribution in [0.25, 0.3) is 11.0 Å². The van der Waals surface area contributed by atoms with Gasteiger partial charge in [0.05, 0.1) is 10.7 Å². The smallest absolute Gasteiger partial charge is 0.254 e. The molecule has 28 heavy (non-hydrogen) atoms. The number of piperidine rings is 1. The van der Waals surface area contributed by atoms with Gasteiger partial charge in [0.2, 0.25) is 0 Å². The second kappa shape index (κ2) is 7.13. The van der Waals surface area contributed by atoms with E-state index in [9.17, 15) is 8.42 Å². The lowest BCUT2D eigenvalue weighted by atomic mass is 9.93. The zero-order valence-electron chi connectivity index (χ0n) is 16.5. The second-order valence-corrected chi connectivity index (χ2v) is 10.8. The zero-order chi connectivity index (χ0) is 20.1. The van der Waals surface area contributed by atoms with Gasteiger partial charge >= 0.3 is 0 Å². The van der Waals surface area contributed by atoms with Crippen molar-refractivity contribution in [3.05, 3.63) is 35.2 Å². The van der Waals surface area contributed by atoms with Gasteiger partial charge in [0.25, 0.3) is 10.0 Å². The van der Waals surface area contributed by atoms with E-state index in [1.807, 2.05) is 32.3 Å². The number of nitrogens with one attached hydrogen (secondary N) is 1. The Morgan fingerprint density at radius 3 is 2.82 bits per heavy atom. The average molecular weight is 420 g/mol. The van der Waals surface area contributed by atoms with E-state index in [1.165, 1.54) is 11.3 Å². The van der Waals surface area contributed by atoms with Gasteiger partial charge < -0.3 is 9.88 Å². The van der Waals surface area contributed by atoms with Gasteiger partial charge in [-0.3, -0.25) is 0 Å². The normalized spacial score (nSPS) is 21.3. The Kier molecular flexibility index (Phi) is 4.93. The molecular formula is C19H25N5O2S2. The minimum absolute atomic E-state index is 0.0818. The Balaban J connectivity index is 1.65. The number of nitrogens with zero attached hydrogens (tertiary/aromatic N) is 4. The number of aromatic nitrogens is 3. The standard InChI is InChI=1S/C19H25N5O2S2/c1-12-7-10-24(28(25,26)19-13(2)22-14(3)27-19)11-17(12)23(4)16-6-9-21-18-15(16)5-8-20-18/h5-6,8-9,12,17H,7,10-11H2,1-4H3,(H,20,21)/t12-,17?/m1/s1. The first-order chi connectivity index (χ1) is 13.3. The maximum atomic E-state index is 13.3. The van der Waals surface area contributed by atoms with E-state index in [1.54, 1.807) is 17.4 Å². The van der Waals surface area contributed by atoms with Crippen molar-refractivity contribution in [2.24, 2.45) is 5.92 Å². The molecule has 1 aliphatic rings. The molecule has 0 spiro atoms. The first-order valence-electron chi connectivity index (χ1n) is 9.38. The van der Waals surface area contributed by atoms with Gasteiger partial charge in [-0.25, -0.2) is 18.4 Å². The van der Waals surface area contributed by atoms with E-state index in [0.29, 0.717) is 28.9 Å². The summed E-state index contributed by atoms with van der Waals surface area (Å²) in [6.45, 7) is 6.82. The fourth-order valence-electron chi connectivity index (χ4n) is 4.04. The summed E-state index contributed by atoms with van der Waals surface area (Å²) >= 11 is 1.26. The number of fused-ring (bicyclic) bond motifs is 1. The van der Waals surface area contributed by atoms with Crippen molar-refractivity contribution in [1.29, 1.82) is 0 Å². The summed E-state index contributed by atoms with van der Waals surface area (Å²) in [5.74, 6) is 0.378. The molecule has 150 valence electrons. The lowest BCUT2D eigenvalue weighted by Crippen LogP contribution is -2.52. The van der Waals surface area contributed by atoms with Crippen LogP contribution in [-0.2, 0) is 10.0 Å².